The van der Waals surface area contributed by atoms with E-state index in [0.29, 0.717) is 31.2 Å². The molecule has 2 atom stereocenters. The van der Waals surface area contributed by atoms with Crippen LogP contribution in [0.3, 0.4) is 0 Å². The summed E-state index contributed by atoms with van der Waals surface area (Å²) >= 11 is 0. The highest BCUT2D eigenvalue weighted by atomic mass is 16.5. The summed E-state index contributed by atoms with van der Waals surface area (Å²) in [6.45, 7) is 3.78. The SMILES string of the molecule is CC1COC(CO)CN1Cc1cc(=O)n2[nH]cnc2n1. The number of hydrogen-bond donors (Lipinski definition) is 2. The highest BCUT2D eigenvalue weighted by molar-refractivity contribution is 5.26. The number of morpholine rings is 1. The van der Waals surface area contributed by atoms with Gasteiger partial charge < -0.3 is 9.84 Å². The Bertz CT molecular complexity index is 652. The highest BCUT2D eigenvalue weighted by Gasteiger charge is 2.26. The largest absolute Gasteiger partial charge is 0.394 e. The van der Waals surface area contributed by atoms with Gasteiger partial charge in [0.05, 0.1) is 25.0 Å². The Balaban J connectivity index is 1.82. The molecule has 2 unspecified atom stereocenters. The zero-order valence-corrected chi connectivity index (χ0v) is 11.2. The smallest absolute Gasteiger partial charge is 0.274 e. The van der Waals surface area contributed by atoms with Crippen molar-refractivity contribution in [1.82, 2.24) is 24.5 Å². The first kappa shape index (κ1) is 13.2. The first-order chi connectivity index (χ1) is 9.67. The summed E-state index contributed by atoms with van der Waals surface area (Å²) in [6, 6.07) is 1.72. The summed E-state index contributed by atoms with van der Waals surface area (Å²) < 4.78 is 6.79. The van der Waals surface area contributed by atoms with Crippen LogP contribution in [0.15, 0.2) is 17.2 Å². The molecule has 1 aliphatic heterocycles. The first-order valence-electron chi connectivity index (χ1n) is 6.56. The molecule has 0 spiro atoms. The molecular weight excluding hydrogens is 262 g/mol. The summed E-state index contributed by atoms with van der Waals surface area (Å²) in [5, 5.41) is 11.9. The van der Waals surface area contributed by atoms with Crippen molar-refractivity contribution in [1.29, 1.82) is 0 Å². The van der Waals surface area contributed by atoms with E-state index in [1.807, 2.05) is 6.92 Å². The lowest BCUT2D eigenvalue weighted by atomic mass is 10.2. The van der Waals surface area contributed by atoms with Crippen molar-refractivity contribution in [2.75, 3.05) is 19.8 Å². The number of ether oxygens (including phenoxy) is 1. The fourth-order valence-electron chi connectivity index (χ4n) is 2.36. The number of rotatable bonds is 3. The van der Waals surface area contributed by atoms with Gasteiger partial charge in [0.1, 0.15) is 6.33 Å². The lowest BCUT2D eigenvalue weighted by molar-refractivity contribution is -0.0808. The van der Waals surface area contributed by atoms with E-state index in [4.69, 9.17) is 4.74 Å². The van der Waals surface area contributed by atoms with Crippen LogP contribution in [0.2, 0.25) is 0 Å². The average molecular weight is 279 g/mol. The molecule has 2 N–H and O–H groups in total. The summed E-state index contributed by atoms with van der Waals surface area (Å²) in [4.78, 5) is 22.4. The molecule has 108 valence electrons. The van der Waals surface area contributed by atoms with Crippen molar-refractivity contribution >= 4 is 5.78 Å². The molecule has 0 aromatic carbocycles. The van der Waals surface area contributed by atoms with E-state index >= 15 is 0 Å². The number of H-pyrrole nitrogens is 1. The third kappa shape index (κ3) is 2.45. The Morgan fingerprint density at radius 2 is 2.45 bits per heavy atom. The van der Waals surface area contributed by atoms with Gasteiger partial charge in [-0.1, -0.05) is 0 Å². The topological polar surface area (TPSA) is 95.8 Å². The molecule has 0 amide bonds. The maximum Gasteiger partial charge on any atom is 0.274 e. The fourth-order valence-corrected chi connectivity index (χ4v) is 2.36. The molecule has 0 saturated carbocycles. The van der Waals surface area contributed by atoms with Gasteiger partial charge in [-0.05, 0) is 6.92 Å². The number of nitrogens with one attached hydrogen (secondary N) is 1. The summed E-state index contributed by atoms with van der Waals surface area (Å²) in [5.74, 6) is 0.368. The predicted molar refractivity (Wildman–Crippen MR) is 70.3 cm³/mol. The van der Waals surface area contributed by atoms with E-state index in [2.05, 4.69) is 20.0 Å². The summed E-state index contributed by atoms with van der Waals surface area (Å²) in [5.41, 5.74) is 0.495. The van der Waals surface area contributed by atoms with E-state index in [-0.39, 0.29) is 24.3 Å². The van der Waals surface area contributed by atoms with E-state index in [9.17, 15) is 9.90 Å². The molecule has 3 rings (SSSR count). The molecule has 2 aromatic rings. The average Bonchev–Trinajstić information content (AvgIpc) is 2.90. The third-order valence-electron chi connectivity index (χ3n) is 3.52. The molecule has 1 aliphatic rings. The molecule has 2 aromatic heterocycles. The first-order valence-corrected chi connectivity index (χ1v) is 6.56. The molecule has 8 nitrogen and oxygen atoms in total. The second-order valence-corrected chi connectivity index (χ2v) is 5.02. The molecule has 1 fully saturated rings. The third-order valence-corrected chi connectivity index (χ3v) is 3.52. The molecular formula is C12H17N5O3. The van der Waals surface area contributed by atoms with Gasteiger partial charge in [-0.15, -0.1) is 0 Å². The monoisotopic (exact) mass is 279 g/mol. The molecule has 0 aliphatic carbocycles. The van der Waals surface area contributed by atoms with E-state index in [0.717, 1.165) is 0 Å². The molecule has 1 saturated heterocycles. The quantitative estimate of drug-likeness (QED) is 0.748. The number of aromatic nitrogens is 4. The molecule has 20 heavy (non-hydrogen) atoms. The van der Waals surface area contributed by atoms with E-state index < -0.39 is 0 Å². The van der Waals surface area contributed by atoms with Crippen molar-refractivity contribution in [2.45, 2.75) is 25.6 Å². The van der Waals surface area contributed by atoms with Crippen LogP contribution < -0.4 is 5.56 Å². The van der Waals surface area contributed by atoms with Gasteiger partial charge in [0, 0.05) is 25.2 Å². The van der Waals surface area contributed by atoms with Crippen LogP contribution in [0.5, 0.6) is 0 Å². The van der Waals surface area contributed by atoms with Crippen LogP contribution in [-0.4, -0.2) is 61.5 Å². The molecule has 0 radical (unpaired) electrons. The second-order valence-electron chi connectivity index (χ2n) is 5.02. The lowest BCUT2D eigenvalue weighted by Crippen LogP contribution is -2.49. The number of hydrogen-bond acceptors (Lipinski definition) is 6. The Morgan fingerprint density at radius 1 is 1.60 bits per heavy atom. The van der Waals surface area contributed by atoms with E-state index in [1.54, 1.807) is 0 Å². The molecule has 3 heterocycles. The Hall–Kier alpha value is -1.77. The number of nitrogens with zero attached hydrogens (tertiary/aromatic N) is 4. The summed E-state index contributed by atoms with van der Waals surface area (Å²) in [7, 11) is 0. The number of fused-ring (bicyclic) bond motifs is 1. The Labute approximate surface area is 115 Å². The zero-order valence-electron chi connectivity index (χ0n) is 11.2. The molecule has 8 heteroatoms. The number of aromatic amines is 1. The van der Waals surface area contributed by atoms with Gasteiger partial charge in [0.2, 0.25) is 0 Å². The predicted octanol–water partition coefficient (Wildman–Crippen LogP) is -1.00. The number of aliphatic hydroxyl groups is 1. The van der Waals surface area contributed by atoms with Crippen molar-refractivity contribution < 1.29 is 9.84 Å². The van der Waals surface area contributed by atoms with Crippen molar-refractivity contribution in [3.8, 4) is 0 Å². The Morgan fingerprint density at radius 3 is 3.25 bits per heavy atom. The van der Waals surface area contributed by atoms with Gasteiger partial charge in [-0.25, -0.2) is 9.97 Å². The maximum absolute atomic E-state index is 11.9. The van der Waals surface area contributed by atoms with Gasteiger partial charge in [0.25, 0.3) is 11.3 Å². The standard InChI is InChI=1S/C12H17N5O3/c1-8-6-20-10(5-18)4-16(8)3-9-2-11(19)17-12(15-9)13-7-14-17/h2,7-8,10,18H,3-6H2,1H3,(H,13,14,15). The minimum absolute atomic E-state index is 0.00227. The highest BCUT2D eigenvalue weighted by Crippen LogP contribution is 2.14. The van der Waals surface area contributed by atoms with Crippen LogP contribution in [0.1, 0.15) is 12.6 Å². The van der Waals surface area contributed by atoms with Crippen LogP contribution >= 0.6 is 0 Å². The van der Waals surface area contributed by atoms with Gasteiger partial charge in [-0.2, -0.15) is 4.52 Å². The van der Waals surface area contributed by atoms with Gasteiger partial charge in [-0.3, -0.25) is 14.8 Å². The minimum atomic E-state index is -0.179. The van der Waals surface area contributed by atoms with Crippen LogP contribution in [0, 0.1) is 0 Å². The van der Waals surface area contributed by atoms with Crippen molar-refractivity contribution in [3.63, 3.8) is 0 Å². The van der Waals surface area contributed by atoms with Crippen molar-refractivity contribution in [2.24, 2.45) is 0 Å². The van der Waals surface area contributed by atoms with E-state index in [1.165, 1.54) is 16.9 Å². The normalized spacial score (nSPS) is 24.3. The zero-order chi connectivity index (χ0) is 14.1. The second kappa shape index (κ2) is 5.31. The Kier molecular flexibility index (Phi) is 3.51. The number of aliphatic hydroxyl groups excluding tert-OH is 1. The van der Waals surface area contributed by atoms with Crippen LogP contribution in [0.25, 0.3) is 5.78 Å². The lowest BCUT2D eigenvalue weighted by Gasteiger charge is -2.37. The van der Waals surface area contributed by atoms with Gasteiger partial charge >= 0.3 is 0 Å². The van der Waals surface area contributed by atoms with Crippen LogP contribution in [-0.2, 0) is 11.3 Å². The molecule has 0 bridgehead atoms. The maximum atomic E-state index is 11.9. The minimum Gasteiger partial charge on any atom is -0.394 e. The fraction of sp³-hybridized carbons (Fsp3) is 0.583. The summed E-state index contributed by atoms with van der Waals surface area (Å²) in [6.07, 6.45) is 1.26. The van der Waals surface area contributed by atoms with Gasteiger partial charge in [0.15, 0.2) is 0 Å². The van der Waals surface area contributed by atoms with Crippen LogP contribution in [0.4, 0.5) is 0 Å². The van der Waals surface area contributed by atoms with Crippen molar-refractivity contribution in [3.05, 3.63) is 28.4 Å².